The van der Waals surface area contributed by atoms with Crippen LogP contribution in [0.25, 0.3) is 10.2 Å². The zero-order valence-electron chi connectivity index (χ0n) is 11.1. The van der Waals surface area contributed by atoms with Crippen LogP contribution in [0.5, 0.6) is 0 Å². The summed E-state index contributed by atoms with van der Waals surface area (Å²) in [5.41, 5.74) is 3.70. The summed E-state index contributed by atoms with van der Waals surface area (Å²) in [6, 6.07) is 15.5. The van der Waals surface area contributed by atoms with Gasteiger partial charge in [-0.1, -0.05) is 18.2 Å². The first-order chi connectivity index (χ1) is 9.79. The van der Waals surface area contributed by atoms with Gasteiger partial charge in [0.15, 0.2) is 0 Å². The van der Waals surface area contributed by atoms with Crippen molar-refractivity contribution in [3.63, 3.8) is 0 Å². The standard InChI is InChI=1S/C16H14N2S2/c1-10-17-13-7-6-11(8-16(13)20-10)18-14-9-19-15-5-3-2-4-12(14)15/h2-8,14,18H,9H2,1H3. The number of aryl methyl sites for hydroxylation is 1. The van der Waals surface area contributed by atoms with E-state index in [-0.39, 0.29) is 0 Å². The number of benzene rings is 2. The summed E-state index contributed by atoms with van der Waals surface area (Å²) >= 11 is 3.68. The fourth-order valence-corrected chi connectivity index (χ4v) is 4.64. The largest absolute Gasteiger partial charge is 0.377 e. The van der Waals surface area contributed by atoms with Gasteiger partial charge in [0.05, 0.1) is 21.3 Å². The van der Waals surface area contributed by atoms with E-state index < -0.39 is 0 Å². The zero-order valence-corrected chi connectivity index (χ0v) is 12.7. The Hall–Kier alpha value is -1.52. The Kier molecular flexibility index (Phi) is 2.93. The summed E-state index contributed by atoms with van der Waals surface area (Å²) in [5.74, 6) is 1.10. The summed E-state index contributed by atoms with van der Waals surface area (Å²) in [7, 11) is 0. The second-order valence-corrected chi connectivity index (χ2v) is 7.26. The van der Waals surface area contributed by atoms with Crippen LogP contribution in [-0.2, 0) is 0 Å². The van der Waals surface area contributed by atoms with Gasteiger partial charge in [-0.25, -0.2) is 4.98 Å². The van der Waals surface area contributed by atoms with E-state index in [0.29, 0.717) is 6.04 Å². The number of anilines is 1. The average molecular weight is 298 g/mol. The molecule has 1 atom stereocenters. The van der Waals surface area contributed by atoms with Gasteiger partial charge in [-0.15, -0.1) is 23.1 Å². The van der Waals surface area contributed by atoms with Gasteiger partial charge in [0.25, 0.3) is 0 Å². The molecule has 0 bridgehead atoms. The van der Waals surface area contributed by atoms with Crippen molar-refractivity contribution in [1.82, 2.24) is 4.98 Å². The van der Waals surface area contributed by atoms with Crippen molar-refractivity contribution in [3.05, 3.63) is 53.0 Å². The molecule has 2 nitrogen and oxygen atoms in total. The first kappa shape index (κ1) is 12.2. The lowest BCUT2D eigenvalue weighted by Gasteiger charge is -2.14. The summed E-state index contributed by atoms with van der Waals surface area (Å²) in [5, 5.41) is 4.78. The second-order valence-electron chi connectivity index (χ2n) is 4.96. The number of hydrogen-bond donors (Lipinski definition) is 1. The molecule has 4 rings (SSSR count). The molecule has 0 aliphatic carbocycles. The van der Waals surface area contributed by atoms with Crippen LogP contribution in [0.1, 0.15) is 16.6 Å². The van der Waals surface area contributed by atoms with Crippen molar-refractivity contribution in [2.75, 3.05) is 11.1 Å². The highest BCUT2D eigenvalue weighted by molar-refractivity contribution is 7.99. The summed E-state index contributed by atoms with van der Waals surface area (Å²) < 4.78 is 1.26. The Morgan fingerprint density at radius 3 is 3.05 bits per heavy atom. The molecule has 2 aromatic carbocycles. The minimum Gasteiger partial charge on any atom is -0.377 e. The number of nitrogens with zero attached hydrogens (tertiary/aromatic N) is 1. The van der Waals surface area contributed by atoms with E-state index in [1.165, 1.54) is 20.8 Å². The molecule has 1 aromatic heterocycles. The van der Waals surface area contributed by atoms with Gasteiger partial charge in [0.1, 0.15) is 0 Å². The molecule has 0 saturated heterocycles. The van der Waals surface area contributed by atoms with Gasteiger partial charge in [0, 0.05) is 16.3 Å². The number of hydrogen-bond acceptors (Lipinski definition) is 4. The SMILES string of the molecule is Cc1nc2ccc(NC3CSc4ccccc43)cc2s1. The van der Waals surface area contributed by atoms with E-state index >= 15 is 0 Å². The van der Waals surface area contributed by atoms with E-state index in [4.69, 9.17) is 0 Å². The molecule has 4 heteroatoms. The van der Waals surface area contributed by atoms with Crippen molar-refractivity contribution in [3.8, 4) is 0 Å². The maximum absolute atomic E-state index is 4.51. The Morgan fingerprint density at radius 1 is 1.20 bits per heavy atom. The quantitative estimate of drug-likeness (QED) is 0.731. The molecule has 2 heterocycles. The molecular formula is C16H14N2S2. The molecule has 0 saturated carbocycles. The van der Waals surface area contributed by atoms with E-state index in [1.54, 1.807) is 11.3 Å². The van der Waals surface area contributed by atoms with Crippen molar-refractivity contribution < 1.29 is 0 Å². The molecule has 1 N–H and O–H groups in total. The molecule has 100 valence electrons. The van der Waals surface area contributed by atoms with Crippen molar-refractivity contribution in [2.45, 2.75) is 17.9 Å². The number of thiazole rings is 1. The number of thioether (sulfide) groups is 1. The zero-order chi connectivity index (χ0) is 13.5. The van der Waals surface area contributed by atoms with Gasteiger partial charge in [-0.2, -0.15) is 0 Å². The van der Waals surface area contributed by atoms with E-state index in [2.05, 4.69) is 59.7 Å². The monoisotopic (exact) mass is 298 g/mol. The lowest BCUT2D eigenvalue weighted by Crippen LogP contribution is -2.09. The predicted octanol–water partition coefficient (Wildman–Crippen LogP) is 4.86. The average Bonchev–Trinajstić information content (AvgIpc) is 3.02. The highest BCUT2D eigenvalue weighted by atomic mass is 32.2. The Labute approximate surface area is 126 Å². The lowest BCUT2D eigenvalue weighted by molar-refractivity contribution is 0.901. The number of rotatable bonds is 2. The summed E-state index contributed by atoms with van der Waals surface area (Å²) in [6.45, 7) is 2.06. The fourth-order valence-electron chi connectivity index (χ4n) is 2.61. The van der Waals surface area contributed by atoms with Gasteiger partial charge < -0.3 is 5.32 Å². The summed E-state index contributed by atoms with van der Waals surface area (Å²) in [4.78, 5) is 5.91. The van der Waals surface area contributed by atoms with Crippen LogP contribution in [0.15, 0.2) is 47.4 Å². The fraction of sp³-hybridized carbons (Fsp3) is 0.188. The Morgan fingerprint density at radius 2 is 2.10 bits per heavy atom. The molecule has 1 unspecified atom stereocenters. The minimum absolute atomic E-state index is 0.405. The Bertz CT molecular complexity index is 779. The molecule has 20 heavy (non-hydrogen) atoms. The van der Waals surface area contributed by atoms with Crippen LogP contribution >= 0.6 is 23.1 Å². The van der Waals surface area contributed by atoms with Gasteiger partial charge in [-0.3, -0.25) is 0 Å². The summed E-state index contributed by atoms with van der Waals surface area (Å²) in [6.07, 6.45) is 0. The first-order valence-electron chi connectivity index (χ1n) is 6.65. The van der Waals surface area contributed by atoms with Crippen LogP contribution < -0.4 is 5.32 Å². The minimum atomic E-state index is 0.405. The van der Waals surface area contributed by atoms with Crippen LogP contribution in [-0.4, -0.2) is 10.7 Å². The smallest absolute Gasteiger partial charge is 0.0907 e. The third-order valence-corrected chi connectivity index (χ3v) is 5.65. The first-order valence-corrected chi connectivity index (χ1v) is 8.45. The third-order valence-electron chi connectivity index (χ3n) is 3.54. The van der Waals surface area contributed by atoms with Crippen molar-refractivity contribution in [1.29, 1.82) is 0 Å². The lowest BCUT2D eigenvalue weighted by atomic mass is 10.1. The Balaban J connectivity index is 1.65. The molecule has 1 aliphatic heterocycles. The molecule has 0 spiro atoms. The maximum atomic E-state index is 4.51. The number of aromatic nitrogens is 1. The highest BCUT2D eigenvalue weighted by Gasteiger charge is 2.22. The van der Waals surface area contributed by atoms with Crippen molar-refractivity contribution >= 4 is 39.0 Å². The molecular weight excluding hydrogens is 284 g/mol. The molecule has 3 aromatic rings. The molecule has 0 amide bonds. The second kappa shape index (κ2) is 4.79. The van der Waals surface area contributed by atoms with E-state index in [0.717, 1.165) is 16.3 Å². The van der Waals surface area contributed by atoms with Crippen LogP contribution in [0.4, 0.5) is 5.69 Å². The maximum Gasteiger partial charge on any atom is 0.0907 e. The highest BCUT2D eigenvalue weighted by Crippen LogP contribution is 2.39. The molecule has 1 aliphatic rings. The van der Waals surface area contributed by atoms with Gasteiger partial charge >= 0.3 is 0 Å². The van der Waals surface area contributed by atoms with Gasteiger partial charge in [-0.05, 0) is 36.8 Å². The number of nitrogens with one attached hydrogen (secondary N) is 1. The third kappa shape index (κ3) is 2.09. The predicted molar refractivity (Wildman–Crippen MR) is 87.9 cm³/mol. The van der Waals surface area contributed by atoms with E-state index in [1.807, 2.05) is 11.8 Å². The molecule has 0 fully saturated rings. The van der Waals surface area contributed by atoms with E-state index in [9.17, 15) is 0 Å². The van der Waals surface area contributed by atoms with Crippen molar-refractivity contribution in [2.24, 2.45) is 0 Å². The number of fused-ring (bicyclic) bond motifs is 2. The normalized spacial score (nSPS) is 17.4. The molecule has 0 radical (unpaired) electrons. The van der Waals surface area contributed by atoms with Gasteiger partial charge in [0.2, 0.25) is 0 Å². The van der Waals surface area contributed by atoms with Crippen LogP contribution in [0.3, 0.4) is 0 Å². The van der Waals surface area contributed by atoms with Crippen LogP contribution in [0.2, 0.25) is 0 Å². The topological polar surface area (TPSA) is 24.9 Å². The van der Waals surface area contributed by atoms with Crippen LogP contribution in [0, 0.1) is 6.92 Å².